The average Bonchev–Trinajstić information content (AvgIpc) is 2.41. The van der Waals surface area contributed by atoms with Crippen LogP contribution >= 0.6 is 0 Å². The Morgan fingerprint density at radius 1 is 1.20 bits per heavy atom. The second kappa shape index (κ2) is 5.40. The summed E-state index contributed by atoms with van der Waals surface area (Å²) in [5.41, 5.74) is 0.592. The molecule has 1 nitrogen and oxygen atoms in total. The van der Waals surface area contributed by atoms with E-state index in [9.17, 15) is 13.2 Å². The van der Waals surface area contributed by atoms with E-state index in [-0.39, 0.29) is 5.41 Å². The lowest BCUT2D eigenvalue weighted by Crippen LogP contribution is -2.56. The van der Waals surface area contributed by atoms with Crippen molar-refractivity contribution >= 4 is 0 Å². The van der Waals surface area contributed by atoms with Gasteiger partial charge in [0.05, 0.1) is 5.56 Å². The second-order valence-corrected chi connectivity index (χ2v) is 5.88. The molecule has 1 saturated carbocycles. The Kier molecular flexibility index (Phi) is 4.14. The van der Waals surface area contributed by atoms with E-state index in [4.69, 9.17) is 0 Å². The highest BCUT2D eigenvalue weighted by Gasteiger charge is 2.50. The Balaban J connectivity index is 2.17. The highest BCUT2D eigenvalue weighted by atomic mass is 19.4. The predicted octanol–water partition coefficient (Wildman–Crippen LogP) is 4.59. The third-order valence-electron chi connectivity index (χ3n) is 4.92. The van der Waals surface area contributed by atoms with Crippen molar-refractivity contribution in [3.05, 3.63) is 35.4 Å². The Labute approximate surface area is 118 Å². The van der Waals surface area contributed by atoms with Crippen molar-refractivity contribution in [2.45, 2.75) is 51.7 Å². The molecule has 0 saturated heterocycles. The molecular weight excluding hydrogens is 263 g/mol. The summed E-state index contributed by atoms with van der Waals surface area (Å²) in [4.78, 5) is 0. The fraction of sp³-hybridized carbons (Fsp3) is 0.625. The summed E-state index contributed by atoms with van der Waals surface area (Å²) in [5, 5.41) is 3.48. The molecule has 1 fully saturated rings. The Morgan fingerprint density at radius 2 is 1.80 bits per heavy atom. The van der Waals surface area contributed by atoms with E-state index in [1.165, 1.54) is 12.1 Å². The topological polar surface area (TPSA) is 12.0 Å². The van der Waals surface area contributed by atoms with Gasteiger partial charge in [0.25, 0.3) is 0 Å². The summed E-state index contributed by atoms with van der Waals surface area (Å²) < 4.78 is 37.8. The van der Waals surface area contributed by atoms with Gasteiger partial charge in [-0.25, -0.2) is 0 Å². The van der Waals surface area contributed by atoms with Crippen molar-refractivity contribution in [1.82, 2.24) is 5.32 Å². The Hall–Kier alpha value is -1.03. The molecule has 3 unspecified atom stereocenters. The molecule has 20 heavy (non-hydrogen) atoms. The minimum absolute atomic E-state index is 0.135. The number of hydrogen-bond acceptors (Lipinski definition) is 1. The molecule has 0 bridgehead atoms. The maximum atomic E-state index is 12.6. The molecule has 1 aliphatic rings. The van der Waals surface area contributed by atoms with Gasteiger partial charge in [0, 0.05) is 6.04 Å². The summed E-state index contributed by atoms with van der Waals surface area (Å²) in [7, 11) is 0. The van der Waals surface area contributed by atoms with E-state index in [0.717, 1.165) is 24.9 Å². The van der Waals surface area contributed by atoms with Crippen LogP contribution in [0.2, 0.25) is 0 Å². The van der Waals surface area contributed by atoms with Gasteiger partial charge in [0.2, 0.25) is 0 Å². The van der Waals surface area contributed by atoms with Crippen LogP contribution in [-0.4, -0.2) is 12.6 Å². The van der Waals surface area contributed by atoms with E-state index in [0.29, 0.717) is 12.0 Å². The highest BCUT2D eigenvalue weighted by Crippen LogP contribution is 2.54. The van der Waals surface area contributed by atoms with Crippen molar-refractivity contribution in [3.63, 3.8) is 0 Å². The maximum absolute atomic E-state index is 12.6. The molecule has 0 aliphatic heterocycles. The second-order valence-electron chi connectivity index (χ2n) is 5.88. The molecular formula is C16H22F3N. The van der Waals surface area contributed by atoms with Crippen molar-refractivity contribution in [1.29, 1.82) is 0 Å². The number of benzene rings is 1. The quantitative estimate of drug-likeness (QED) is 0.853. The van der Waals surface area contributed by atoms with Gasteiger partial charge in [-0.1, -0.05) is 32.9 Å². The smallest absolute Gasteiger partial charge is 0.314 e. The first-order valence-corrected chi connectivity index (χ1v) is 7.23. The summed E-state index contributed by atoms with van der Waals surface area (Å²) in [5.74, 6) is 0.346. The van der Waals surface area contributed by atoms with Crippen LogP contribution in [-0.2, 0) is 6.18 Å². The van der Waals surface area contributed by atoms with Crippen LogP contribution < -0.4 is 5.32 Å². The fourth-order valence-corrected chi connectivity index (χ4v) is 3.33. The lowest BCUT2D eigenvalue weighted by atomic mass is 9.54. The monoisotopic (exact) mass is 285 g/mol. The lowest BCUT2D eigenvalue weighted by molar-refractivity contribution is -0.137. The number of halogens is 3. The van der Waals surface area contributed by atoms with Crippen LogP contribution in [0.1, 0.15) is 50.7 Å². The van der Waals surface area contributed by atoms with Gasteiger partial charge < -0.3 is 5.32 Å². The summed E-state index contributed by atoms with van der Waals surface area (Å²) in [6.07, 6.45) is -2.22. The van der Waals surface area contributed by atoms with E-state index < -0.39 is 11.7 Å². The largest absolute Gasteiger partial charge is 0.416 e. The molecule has 2 rings (SSSR count). The normalized spacial score (nSPS) is 30.1. The molecule has 1 N–H and O–H groups in total. The van der Waals surface area contributed by atoms with E-state index in [1.54, 1.807) is 12.1 Å². The van der Waals surface area contributed by atoms with E-state index in [1.807, 2.05) is 0 Å². The molecule has 0 aromatic heterocycles. The van der Waals surface area contributed by atoms with Crippen molar-refractivity contribution in [3.8, 4) is 0 Å². The van der Waals surface area contributed by atoms with Gasteiger partial charge in [-0.05, 0) is 48.4 Å². The van der Waals surface area contributed by atoms with E-state index >= 15 is 0 Å². The fourth-order valence-electron chi connectivity index (χ4n) is 3.33. The maximum Gasteiger partial charge on any atom is 0.416 e. The summed E-state index contributed by atoms with van der Waals surface area (Å²) in [6, 6.07) is 6.15. The number of hydrogen-bond donors (Lipinski definition) is 1. The number of nitrogens with one attached hydrogen (secondary N) is 1. The van der Waals surface area contributed by atoms with Gasteiger partial charge in [-0.3, -0.25) is 0 Å². The van der Waals surface area contributed by atoms with Crippen molar-refractivity contribution < 1.29 is 13.2 Å². The van der Waals surface area contributed by atoms with Gasteiger partial charge >= 0.3 is 6.18 Å². The zero-order valence-corrected chi connectivity index (χ0v) is 12.2. The minimum atomic E-state index is -4.25. The third-order valence-corrected chi connectivity index (χ3v) is 4.92. The van der Waals surface area contributed by atoms with E-state index in [2.05, 4.69) is 26.1 Å². The number of alkyl halides is 3. The van der Waals surface area contributed by atoms with Gasteiger partial charge in [-0.15, -0.1) is 0 Å². The lowest BCUT2D eigenvalue weighted by Gasteiger charge is -2.55. The van der Waals surface area contributed by atoms with Gasteiger partial charge in [0.1, 0.15) is 0 Å². The van der Waals surface area contributed by atoms with Crippen LogP contribution in [0, 0.1) is 5.41 Å². The molecule has 1 aromatic carbocycles. The molecule has 0 radical (unpaired) electrons. The molecule has 0 spiro atoms. The SMILES string of the molecule is CCNC1CC(c2ccc(C(F)(F)F)cc2)C1(C)CC. The first-order valence-electron chi connectivity index (χ1n) is 7.23. The molecule has 1 aliphatic carbocycles. The standard InChI is InChI=1S/C16H22F3N/c1-4-15(3)13(10-14(15)20-5-2)11-6-8-12(9-7-11)16(17,18)19/h6-9,13-14,20H,4-5,10H2,1-3H3. The third kappa shape index (κ3) is 2.58. The highest BCUT2D eigenvalue weighted by molar-refractivity contribution is 5.32. The van der Waals surface area contributed by atoms with Crippen molar-refractivity contribution in [2.24, 2.45) is 5.41 Å². The molecule has 0 heterocycles. The Bertz CT molecular complexity index is 452. The van der Waals surface area contributed by atoms with Crippen molar-refractivity contribution in [2.75, 3.05) is 6.54 Å². The minimum Gasteiger partial charge on any atom is -0.314 e. The molecule has 112 valence electrons. The molecule has 3 atom stereocenters. The average molecular weight is 285 g/mol. The van der Waals surface area contributed by atoms with Crippen LogP contribution in [0.15, 0.2) is 24.3 Å². The van der Waals surface area contributed by atoms with Crippen LogP contribution in [0.4, 0.5) is 13.2 Å². The predicted molar refractivity (Wildman–Crippen MR) is 74.7 cm³/mol. The first kappa shape index (κ1) is 15.4. The first-order chi connectivity index (χ1) is 9.32. The van der Waals surface area contributed by atoms with Crippen LogP contribution in [0.5, 0.6) is 0 Å². The zero-order valence-electron chi connectivity index (χ0n) is 12.2. The van der Waals surface area contributed by atoms with Crippen LogP contribution in [0.3, 0.4) is 0 Å². The molecule has 0 amide bonds. The van der Waals surface area contributed by atoms with Gasteiger partial charge in [0.15, 0.2) is 0 Å². The summed E-state index contributed by atoms with van der Waals surface area (Å²) >= 11 is 0. The molecule has 1 aromatic rings. The Morgan fingerprint density at radius 3 is 2.25 bits per heavy atom. The molecule has 4 heteroatoms. The zero-order chi connectivity index (χ0) is 15.0. The van der Waals surface area contributed by atoms with Gasteiger partial charge in [-0.2, -0.15) is 13.2 Å². The number of rotatable bonds is 4. The summed E-state index contributed by atoms with van der Waals surface area (Å²) in [6.45, 7) is 7.40. The van der Waals surface area contributed by atoms with Crippen LogP contribution in [0.25, 0.3) is 0 Å².